The topological polar surface area (TPSA) is 28.2 Å². The quantitative estimate of drug-likeness (QED) is 0.818. The fraction of sp³-hybridized carbons (Fsp3) is 0.643. The minimum Gasteiger partial charge on any atom is -0.356 e. The van der Waals surface area contributed by atoms with Crippen molar-refractivity contribution in [2.75, 3.05) is 24.0 Å². The summed E-state index contributed by atoms with van der Waals surface area (Å²) in [5.74, 6) is 2.17. The first-order valence-electron chi connectivity index (χ1n) is 6.55. The Labute approximate surface area is 129 Å². The SMILES string of the molecule is CSCC(C)N(C)c1ncc(Br)cc1CNC(C)C. The van der Waals surface area contributed by atoms with Crippen LogP contribution >= 0.6 is 27.7 Å². The number of hydrogen-bond acceptors (Lipinski definition) is 4. The average Bonchev–Trinajstić information content (AvgIpc) is 2.36. The molecule has 5 heteroatoms. The predicted octanol–water partition coefficient (Wildman–Crippen LogP) is 3.53. The molecule has 1 atom stereocenters. The van der Waals surface area contributed by atoms with E-state index in [1.165, 1.54) is 5.56 Å². The summed E-state index contributed by atoms with van der Waals surface area (Å²) >= 11 is 5.37. The zero-order chi connectivity index (χ0) is 14.4. The minimum absolute atomic E-state index is 0.473. The van der Waals surface area contributed by atoms with Crippen LogP contribution in [0.15, 0.2) is 16.7 Å². The van der Waals surface area contributed by atoms with Gasteiger partial charge in [0.25, 0.3) is 0 Å². The molecule has 3 nitrogen and oxygen atoms in total. The molecule has 0 bridgehead atoms. The second-order valence-corrected chi connectivity index (χ2v) is 6.91. The van der Waals surface area contributed by atoms with Crippen LogP contribution in [0.3, 0.4) is 0 Å². The molecule has 0 aromatic carbocycles. The van der Waals surface area contributed by atoms with E-state index in [0.29, 0.717) is 12.1 Å². The van der Waals surface area contributed by atoms with Gasteiger partial charge in [-0.15, -0.1) is 0 Å². The van der Waals surface area contributed by atoms with E-state index in [-0.39, 0.29) is 0 Å². The van der Waals surface area contributed by atoms with E-state index in [4.69, 9.17) is 0 Å². The largest absolute Gasteiger partial charge is 0.356 e. The van der Waals surface area contributed by atoms with E-state index in [0.717, 1.165) is 22.6 Å². The zero-order valence-corrected chi connectivity index (χ0v) is 14.8. The average molecular weight is 346 g/mol. The summed E-state index contributed by atoms with van der Waals surface area (Å²) in [4.78, 5) is 6.85. The summed E-state index contributed by atoms with van der Waals surface area (Å²) in [5.41, 5.74) is 1.23. The second kappa shape index (κ2) is 8.12. The lowest BCUT2D eigenvalue weighted by atomic mass is 10.2. The molecule has 108 valence electrons. The molecule has 0 fully saturated rings. The first-order valence-corrected chi connectivity index (χ1v) is 8.74. The number of rotatable bonds is 7. The van der Waals surface area contributed by atoms with E-state index in [1.54, 1.807) is 0 Å². The molecule has 1 aromatic heterocycles. The Balaban J connectivity index is 2.91. The summed E-state index contributed by atoms with van der Waals surface area (Å²) in [7, 11) is 2.12. The smallest absolute Gasteiger partial charge is 0.133 e. The Morgan fingerprint density at radius 2 is 2.11 bits per heavy atom. The highest BCUT2D eigenvalue weighted by Crippen LogP contribution is 2.23. The van der Waals surface area contributed by atoms with Crippen LogP contribution in [0.1, 0.15) is 26.3 Å². The lowest BCUT2D eigenvalue weighted by molar-refractivity contribution is 0.586. The van der Waals surface area contributed by atoms with Gasteiger partial charge in [0.05, 0.1) is 0 Å². The van der Waals surface area contributed by atoms with Gasteiger partial charge in [0, 0.05) is 47.7 Å². The van der Waals surface area contributed by atoms with Gasteiger partial charge in [0.2, 0.25) is 0 Å². The van der Waals surface area contributed by atoms with Crippen LogP contribution in [0.4, 0.5) is 5.82 Å². The Bertz CT molecular complexity index is 398. The molecule has 0 aliphatic heterocycles. The van der Waals surface area contributed by atoms with Crippen molar-refractivity contribution < 1.29 is 0 Å². The van der Waals surface area contributed by atoms with Crippen LogP contribution in [0.25, 0.3) is 0 Å². The Morgan fingerprint density at radius 3 is 2.68 bits per heavy atom. The van der Waals surface area contributed by atoms with Gasteiger partial charge in [-0.05, 0) is 35.2 Å². The minimum atomic E-state index is 0.473. The molecule has 0 spiro atoms. The van der Waals surface area contributed by atoms with Crippen LogP contribution in [0, 0.1) is 0 Å². The van der Waals surface area contributed by atoms with Crippen molar-refractivity contribution in [3.05, 3.63) is 22.3 Å². The summed E-state index contributed by atoms with van der Waals surface area (Å²) in [6, 6.07) is 3.10. The van der Waals surface area contributed by atoms with Gasteiger partial charge >= 0.3 is 0 Å². The summed E-state index contributed by atoms with van der Waals surface area (Å²) < 4.78 is 1.03. The number of aromatic nitrogens is 1. The molecular weight excluding hydrogens is 322 g/mol. The lowest BCUT2D eigenvalue weighted by Crippen LogP contribution is -2.33. The molecule has 1 rings (SSSR count). The van der Waals surface area contributed by atoms with Crippen molar-refractivity contribution in [3.63, 3.8) is 0 Å². The standard InChI is InChI=1S/C14H24BrN3S/c1-10(2)16-7-12-6-13(15)8-17-14(12)18(4)11(3)9-19-5/h6,8,10-11,16H,7,9H2,1-5H3. The van der Waals surface area contributed by atoms with Gasteiger partial charge < -0.3 is 10.2 Å². The molecule has 0 saturated heterocycles. The Hall–Kier alpha value is -0.260. The van der Waals surface area contributed by atoms with Gasteiger partial charge in [-0.3, -0.25) is 0 Å². The van der Waals surface area contributed by atoms with Crippen LogP contribution in [0.5, 0.6) is 0 Å². The van der Waals surface area contributed by atoms with E-state index in [9.17, 15) is 0 Å². The van der Waals surface area contributed by atoms with Crippen LogP contribution < -0.4 is 10.2 Å². The number of nitrogens with zero attached hydrogens (tertiary/aromatic N) is 2. The van der Waals surface area contributed by atoms with Crippen molar-refractivity contribution in [3.8, 4) is 0 Å². The summed E-state index contributed by atoms with van der Waals surface area (Å²) in [6.45, 7) is 7.39. The maximum absolute atomic E-state index is 4.59. The zero-order valence-electron chi connectivity index (χ0n) is 12.4. The van der Waals surface area contributed by atoms with Gasteiger partial charge in [0.15, 0.2) is 0 Å². The van der Waals surface area contributed by atoms with Crippen molar-refractivity contribution in [2.45, 2.75) is 39.4 Å². The molecule has 1 heterocycles. The predicted molar refractivity (Wildman–Crippen MR) is 90.2 cm³/mol. The summed E-state index contributed by atoms with van der Waals surface area (Å²) in [6.07, 6.45) is 4.01. The van der Waals surface area contributed by atoms with E-state index in [2.05, 4.69) is 71.3 Å². The molecule has 1 unspecified atom stereocenters. The number of nitrogens with one attached hydrogen (secondary N) is 1. The van der Waals surface area contributed by atoms with Gasteiger partial charge in [-0.25, -0.2) is 4.98 Å². The van der Waals surface area contributed by atoms with E-state index in [1.807, 2.05) is 18.0 Å². The third kappa shape index (κ3) is 5.32. The third-order valence-corrected chi connectivity index (χ3v) is 4.26. The molecule has 0 radical (unpaired) electrons. The second-order valence-electron chi connectivity index (χ2n) is 5.09. The number of hydrogen-bond donors (Lipinski definition) is 1. The monoisotopic (exact) mass is 345 g/mol. The number of thioether (sulfide) groups is 1. The first kappa shape index (κ1) is 16.8. The van der Waals surface area contributed by atoms with Gasteiger partial charge in [0.1, 0.15) is 5.82 Å². The fourth-order valence-electron chi connectivity index (χ4n) is 1.80. The van der Waals surface area contributed by atoms with Crippen LogP contribution in [-0.4, -0.2) is 36.1 Å². The Kier molecular flexibility index (Phi) is 7.18. The molecular formula is C14H24BrN3S. The third-order valence-electron chi connectivity index (χ3n) is 3.01. The number of halogens is 1. The van der Waals surface area contributed by atoms with Crippen molar-refractivity contribution >= 4 is 33.5 Å². The highest BCUT2D eigenvalue weighted by molar-refractivity contribution is 9.10. The summed E-state index contributed by atoms with van der Waals surface area (Å²) in [5, 5.41) is 3.46. The van der Waals surface area contributed by atoms with Crippen molar-refractivity contribution in [1.82, 2.24) is 10.3 Å². The maximum Gasteiger partial charge on any atom is 0.133 e. The van der Waals surface area contributed by atoms with Crippen LogP contribution in [-0.2, 0) is 6.54 Å². The number of anilines is 1. The van der Waals surface area contributed by atoms with Gasteiger partial charge in [-0.1, -0.05) is 13.8 Å². The molecule has 1 aromatic rings. The van der Waals surface area contributed by atoms with E-state index < -0.39 is 0 Å². The van der Waals surface area contributed by atoms with Crippen molar-refractivity contribution in [1.29, 1.82) is 0 Å². The maximum atomic E-state index is 4.59. The van der Waals surface area contributed by atoms with E-state index >= 15 is 0 Å². The highest BCUT2D eigenvalue weighted by Gasteiger charge is 2.15. The molecule has 0 aliphatic carbocycles. The molecule has 0 aliphatic rings. The fourth-order valence-corrected chi connectivity index (χ4v) is 2.88. The molecule has 0 saturated carbocycles. The first-order chi connectivity index (χ1) is 8.95. The Morgan fingerprint density at radius 1 is 1.42 bits per heavy atom. The highest BCUT2D eigenvalue weighted by atomic mass is 79.9. The van der Waals surface area contributed by atoms with Crippen LogP contribution in [0.2, 0.25) is 0 Å². The number of pyridine rings is 1. The lowest BCUT2D eigenvalue weighted by Gasteiger charge is -2.27. The molecule has 1 N–H and O–H groups in total. The molecule has 19 heavy (non-hydrogen) atoms. The van der Waals surface area contributed by atoms with Crippen molar-refractivity contribution in [2.24, 2.45) is 0 Å². The van der Waals surface area contributed by atoms with Gasteiger partial charge in [-0.2, -0.15) is 11.8 Å². The molecule has 0 amide bonds. The normalized spacial score (nSPS) is 12.8.